The fourth-order valence-corrected chi connectivity index (χ4v) is 3.59. The molecule has 3 aromatic rings. The average molecular weight is 420 g/mol. The molecule has 1 N–H and O–H groups in total. The first-order valence-corrected chi connectivity index (χ1v) is 9.47. The number of aliphatic hydroxyl groups excluding tert-OH is 1. The number of ether oxygens (including phenoxy) is 2. The third-order valence-electron chi connectivity index (χ3n) is 5.06. The van der Waals surface area contributed by atoms with E-state index in [4.69, 9.17) is 14.0 Å². The summed E-state index contributed by atoms with van der Waals surface area (Å²) in [6.45, 7) is 1.68. The summed E-state index contributed by atoms with van der Waals surface area (Å²) in [7, 11) is 3.02. The Kier molecular flexibility index (Phi) is 5.21. The van der Waals surface area contributed by atoms with Crippen LogP contribution < -0.4 is 14.4 Å². The topological polar surface area (TPSA) is 102 Å². The number of ketones is 1. The van der Waals surface area contributed by atoms with Crippen molar-refractivity contribution in [3.8, 4) is 11.5 Å². The Morgan fingerprint density at radius 1 is 1.03 bits per heavy atom. The van der Waals surface area contributed by atoms with Crippen LogP contribution in [0.2, 0.25) is 0 Å². The minimum absolute atomic E-state index is 0.0628. The van der Waals surface area contributed by atoms with Crippen molar-refractivity contribution in [2.45, 2.75) is 13.0 Å². The van der Waals surface area contributed by atoms with E-state index < -0.39 is 17.7 Å². The summed E-state index contributed by atoms with van der Waals surface area (Å²) in [5.74, 6) is -0.248. The lowest BCUT2D eigenvalue weighted by molar-refractivity contribution is -0.132. The molecular formula is C23H20N2O6. The molecule has 0 radical (unpaired) electrons. The Bertz CT molecular complexity index is 1200. The second kappa shape index (κ2) is 7.98. The number of methoxy groups -OCH3 is 2. The predicted octanol–water partition coefficient (Wildman–Crippen LogP) is 3.63. The molecule has 0 unspecified atom stereocenters. The van der Waals surface area contributed by atoms with E-state index in [2.05, 4.69) is 5.16 Å². The molecule has 2 heterocycles. The molecule has 1 aromatic heterocycles. The Morgan fingerprint density at radius 3 is 2.35 bits per heavy atom. The monoisotopic (exact) mass is 420 g/mol. The van der Waals surface area contributed by atoms with Crippen LogP contribution in [0.15, 0.2) is 64.7 Å². The molecule has 1 atom stereocenters. The lowest BCUT2D eigenvalue weighted by Crippen LogP contribution is -2.29. The smallest absolute Gasteiger partial charge is 0.301 e. The van der Waals surface area contributed by atoms with Crippen LogP contribution in [0.5, 0.6) is 11.5 Å². The summed E-state index contributed by atoms with van der Waals surface area (Å²) in [6, 6.07) is 14.2. The maximum atomic E-state index is 13.1. The molecule has 31 heavy (non-hydrogen) atoms. The van der Waals surface area contributed by atoms with Crippen molar-refractivity contribution in [2.24, 2.45) is 0 Å². The third kappa shape index (κ3) is 3.52. The van der Waals surface area contributed by atoms with Crippen LogP contribution in [0.25, 0.3) is 5.76 Å². The van der Waals surface area contributed by atoms with Crippen molar-refractivity contribution in [3.05, 3.63) is 77.1 Å². The van der Waals surface area contributed by atoms with Crippen LogP contribution in [0.3, 0.4) is 0 Å². The molecule has 0 saturated carbocycles. The first kappa shape index (κ1) is 20.2. The van der Waals surface area contributed by atoms with Gasteiger partial charge in [0.25, 0.3) is 5.78 Å². The number of carbonyl (C=O) groups excluding carboxylic acids is 2. The van der Waals surface area contributed by atoms with E-state index in [1.807, 2.05) is 0 Å². The molecule has 0 spiro atoms. The number of hydrogen-bond acceptors (Lipinski definition) is 7. The highest BCUT2D eigenvalue weighted by molar-refractivity contribution is 6.51. The minimum atomic E-state index is -0.925. The number of hydrogen-bond donors (Lipinski definition) is 1. The zero-order valence-electron chi connectivity index (χ0n) is 17.2. The summed E-state index contributed by atoms with van der Waals surface area (Å²) >= 11 is 0. The van der Waals surface area contributed by atoms with E-state index in [9.17, 15) is 14.7 Å². The van der Waals surface area contributed by atoms with Crippen LogP contribution in [0, 0.1) is 6.92 Å². The SMILES string of the molecule is COc1cccc(/C(O)=C2\C(=O)C(=O)N(c3cc(C)on3)[C@@H]2c2cccc(OC)c2)c1. The molecule has 0 aliphatic carbocycles. The van der Waals surface area contributed by atoms with E-state index in [0.717, 1.165) is 0 Å². The Balaban J connectivity index is 1.95. The number of aryl methyl sites for hydroxylation is 1. The number of amides is 1. The Labute approximate surface area is 178 Å². The molecule has 1 fully saturated rings. The number of aliphatic hydroxyl groups is 1. The first-order chi connectivity index (χ1) is 14.9. The van der Waals surface area contributed by atoms with Gasteiger partial charge in [-0.15, -0.1) is 0 Å². The van der Waals surface area contributed by atoms with Gasteiger partial charge in [0.1, 0.15) is 23.0 Å². The maximum absolute atomic E-state index is 13.1. The quantitative estimate of drug-likeness (QED) is 0.382. The highest BCUT2D eigenvalue weighted by Gasteiger charge is 2.48. The number of carbonyl (C=O) groups is 2. The zero-order chi connectivity index (χ0) is 22.1. The number of Topliss-reactive ketones (excluding diaryl/α,β-unsaturated/α-hetero) is 1. The lowest BCUT2D eigenvalue weighted by atomic mass is 9.95. The molecule has 158 valence electrons. The van der Waals surface area contributed by atoms with Crippen LogP contribution in [-0.2, 0) is 9.59 Å². The number of nitrogens with zero attached hydrogens (tertiary/aromatic N) is 2. The van der Waals surface area contributed by atoms with Crippen LogP contribution >= 0.6 is 0 Å². The normalized spacial score (nSPS) is 17.8. The zero-order valence-corrected chi connectivity index (χ0v) is 17.2. The summed E-state index contributed by atoms with van der Waals surface area (Å²) < 4.78 is 15.6. The minimum Gasteiger partial charge on any atom is -0.507 e. The second-order valence-electron chi connectivity index (χ2n) is 6.97. The largest absolute Gasteiger partial charge is 0.507 e. The van der Waals surface area contributed by atoms with Gasteiger partial charge >= 0.3 is 5.91 Å². The van der Waals surface area contributed by atoms with Crippen molar-refractivity contribution >= 4 is 23.3 Å². The van der Waals surface area contributed by atoms with Gasteiger partial charge in [-0.2, -0.15) is 0 Å². The predicted molar refractivity (Wildman–Crippen MR) is 112 cm³/mol. The van der Waals surface area contributed by atoms with Crippen molar-refractivity contribution in [3.63, 3.8) is 0 Å². The molecule has 2 aromatic carbocycles. The van der Waals surface area contributed by atoms with Gasteiger partial charge < -0.3 is 19.1 Å². The molecule has 1 aliphatic heterocycles. The fourth-order valence-electron chi connectivity index (χ4n) is 3.59. The second-order valence-corrected chi connectivity index (χ2v) is 6.97. The van der Waals surface area contributed by atoms with Gasteiger partial charge in [-0.05, 0) is 36.8 Å². The highest BCUT2D eigenvalue weighted by atomic mass is 16.5. The van der Waals surface area contributed by atoms with Crippen LogP contribution in [0.1, 0.15) is 22.9 Å². The van der Waals surface area contributed by atoms with Crippen molar-refractivity contribution in [1.29, 1.82) is 0 Å². The summed E-state index contributed by atoms with van der Waals surface area (Å²) in [5.41, 5.74) is 0.859. The number of rotatable bonds is 5. The lowest BCUT2D eigenvalue weighted by Gasteiger charge is -2.23. The Morgan fingerprint density at radius 2 is 1.71 bits per heavy atom. The molecule has 1 aliphatic rings. The summed E-state index contributed by atoms with van der Waals surface area (Å²) in [6.07, 6.45) is 0. The maximum Gasteiger partial charge on any atom is 0.301 e. The van der Waals surface area contributed by atoms with E-state index in [-0.39, 0.29) is 17.2 Å². The fraction of sp³-hybridized carbons (Fsp3) is 0.174. The van der Waals surface area contributed by atoms with E-state index >= 15 is 0 Å². The molecule has 1 saturated heterocycles. The molecule has 4 rings (SSSR count). The van der Waals surface area contributed by atoms with Gasteiger partial charge in [0.15, 0.2) is 5.82 Å². The molecular weight excluding hydrogens is 400 g/mol. The third-order valence-corrected chi connectivity index (χ3v) is 5.06. The summed E-state index contributed by atoms with van der Waals surface area (Å²) in [5, 5.41) is 15.0. The number of anilines is 1. The van der Waals surface area contributed by atoms with Gasteiger partial charge in [0.2, 0.25) is 0 Å². The van der Waals surface area contributed by atoms with E-state index in [1.54, 1.807) is 61.5 Å². The van der Waals surface area contributed by atoms with Crippen molar-refractivity contribution in [2.75, 3.05) is 19.1 Å². The van der Waals surface area contributed by atoms with Crippen LogP contribution in [0.4, 0.5) is 5.82 Å². The molecule has 8 nitrogen and oxygen atoms in total. The van der Waals surface area contributed by atoms with E-state index in [0.29, 0.717) is 28.4 Å². The van der Waals surface area contributed by atoms with Crippen LogP contribution in [-0.4, -0.2) is 36.2 Å². The number of aromatic nitrogens is 1. The number of benzene rings is 2. The van der Waals surface area contributed by atoms with Crippen molar-refractivity contribution in [1.82, 2.24) is 5.16 Å². The average Bonchev–Trinajstić information content (AvgIpc) is 3.34. The first-order valence-electron chi connectivity index (χ1n) is 9.47. The van der Waals surface area contributed by atoms with Gasteiger partial charge in [-0.25, -0.2) is 0 Å². The molecule has 1 amide bonds. The van der Waals surface area contributed by atoms with Gasteiger partial charge in [-0.3, -0.25) is 14.5 Å². The molecule has 8 heteroatoms. The molecule has 0 bridgehead atoms. The summed E-state index contributed by atoms with van der Waals surface area (Å²) in [4.78, 5) is 27.3. The standard InChI is InChI=1S/C23H20N2O6/c1-13-10-18(24-31-13)25-20(14-6-4-8-16(11-14)29-2)19(22(27)23(25)28)21(26)15-7-5-9-17(12-15)30-3/h4-12,20,26H,1-3H3/b21-19+/t20-/m1/s1. The Hall–Kier alpha value is -4.07. The van der Waals surface area contributed by atoms with Gasteiger partial charge in [0.05, 0.1) is 25.8 Å². The van der Waals surface area contributed by atoms with Crippen molar-refractivity contribution < 1.29 is 28.7 Å². The van der Waals surface area contributed by atoms with E-state index in [1.165, 1.54) is 19.1 Å². The highest BCUT2D eigenvalue weighted by Crippen LogP contribution is 2.42. The van der Waals surface area contributed by atoms with Gasteiger partial charge in [-0.1, -0.05) is 29.4 Å². The van der Waals surface area contributed by atoms with Gasteiger partial charge in [0, 0.05) is 11.6 Å².